The van der Waals surface area contributed by atoms with Crippen LogP contribution in [0, 0.1) is 25.7 Å². The van der Waals surface area contributed by atoms with Crippen LogP contribution in [0.5, 0.6) is 5.75 Å². The van der Waals surface area contributed by atoms with Crippen molar-refractivity contribution in [2.45, 2.75) is 62.9 Å². The van der Waals surface area contributed by atoms with Gasteiger partial charge in [0.15, 0.2) is 17.6 Å². The third-order valence-electron chi connectivity index (χ3n) is 5.37. The van der Waals surface area contributed by atoms with Gasteiger partial charge in [-0.1, -0.05) is 41.5 Å². The summed E-state index contributed by atoms with van der Waals surface area (Å²) in [6.07, 6.45) is -11.0. The first-order valence-electron chi connectivity index (χ1n) is 16.5. The SMILES string of the molecule is [2H]C1([2H])C([2H])([2H])C([2H])([2H])C([2H])(Sc2nnc(COc3ccc(C#CCOC(=O)NCc4cc(C)on4)c(C)c3)n2-c2cccnc2)C1([2H])[2H]. The van der Waals surface area contributed by atoms with Crippen molar-refractivity contribution in [3.05, 3.63) is 77.2 Å². The fourth-order valence-electron chi connectivity index (χ4n) is 3.52. The van der Waals surface area contributed by atoms with Crippen molar-refractivity contribution in [1.82, 2.24) is 30.2 Å². The lowest BCUT2D eigenvalue weighted by atomic mass is 10.1. The van der Waals surface area contributed by atoms with Gasteiger partial charge in [0.1, 0.15) is 23.8 Å². The second kappa shape index (κ2) is 13.2. The standard InChI is InChI=1S/C29H30N6O4S/c1-20-15-25(12-11-22(20)7-6-14-37-29(36)31-17-23-16-21(2)39-34-23)38-19-27-32-33-28(40-26-9-3-4-10-26)35(27)24-8-5-13-30-18-24/h5,8,11-13,15-16,18,26H,3-4,9-10,14,17,19H2,1-2H3,(H,31,36)/i3D2,4D2,9D2,10D2,26D. The van der Waals surface area contributed by atoms with Gasteiger partial charge in [0.2, 0.25) is 0 Å². The number of thioether (sulfide) groups is 1. The van der Waals surface area contributed by atoms with E-state index in [4.69, 9.17) is 26.3 Å². The molecule has 1 N–H and O–H groups in total. The number of nitrogens with one attached hydrogen (secondary N) is 1. The van der Waals surface area contributed by atoms with E-state index in [-0.39, 0.29) is 42.5 Å². The number of nitrogens with zero attached hydrogens (tertiary/aromatic N) is 5. The summed E-state index contributed by atoms with van der Waals surface area (Å²) in [5.74, 6) is 6.94. The minimum atomic E-state index is -3.35. The quantitative estimate of drug-likeness (QED) is 0.274. The molecule has 40 heavy (non-hydrogen) atoms. The number of pyridine rings is 1. The molecule has 3 heterocycles. The predicted octanol–water partition coefficient (Wildman–Crippen LogP) is 5.16. The molecular weight excluding hydrogens is 528 g/mol. The number of aryl methyl sites for hydroxylation is 2. The zero-order valence-electron chi connectivity index (χ0n) is 30.5. The Labute approximate surface area is 249 Å². The lowest BCUT2D eigenvalue weighted by molar-refractivity contribution is 0.159. The van der Waals surface area contributed by atoms with E-state index in [1.54, 1.807) is 43.3 Å². The molecule has 0 radical (unpaired) electrons. The van der Waals surface area contributed by atoms with E-state index >= 15 is 0 Å². The number of carbonyl (C=O) groups excluding carboxylic acids is 1. The maximum atomic E-state index is 11.9. The van der Waals surface area contributed by atoms with Crippen molar-refractivity contribution in [2.75, 3.05) is 6.61 Å². The van der Waals surface area contributed by atoms with Crippen LogP contribution in [0.1, 0.15) is 66.2 Å². The van der Waals surface area contributed by atoms with Crippen LogP contribution in [0.25, 0.3) is 5.69 Å². The minimum absolute atomic E-state index is 0.149. The Morgan fingerprint density at radius 3 is 2.90 bits per heavy atom. The Kier molecular flexibility index (Phi) is 5.97. The summed E-state index contributed by atoms with van der Waals surface area (Å²) in [4.78, 5) is 16.0. The third kappa shape index (κ3) is 7.21. The van der Waals surface area contributed by atoms with E-state index in [1.165, 1.54) is 17.0 Å². The average molecular weight is 568 g/mol. The van der Waals surface area contributed by atoms with Crippen LogP contribution in [0.2, 0.25) is 0 Å². The summed E-state index contributed by atoms with van der Waals surface area (Å²) < 4.78 is 92.4. The Morgan fingerprint density at radius 1 is 1.27 bits per heavy atom. The molecule has 0 spiro atoms. The van der Waals surface area contributed by atoms with Crippen molar-refractivity contribution >= 4 is 17.9 Å². The van der Waals surface area contributed by atoms with Crippen molar-refractivity contribution in [3.63, 3.8) is 0 Å². The van der Waals surface area contributed by atoms with Crippen LogP contribution in [0.4, 0.5) is 4.79 Å². The molecule has 1 fully saturated rings. The van der Waals surface area contributed by atoms with Crippen LogP contribution >= 0.6 is 11.8 Å². The number of hydrogen-bond donors (Lipinski definition) is 1. The highest BCUT2D eigenvalue weighted by Crippen LogP contribution is 2.35. The summed E-state index contributed by atoms with van der Waals surface area (Å²) in [6, 6.07) is 10.0. The van der Waals surface area contributed by atoms with E-state index < -0.39 is 36.8 Å². The number of carbonyl (C=O) groups is 1. The van der Waals surface area contributed by atoms with Gasteiger partial charge in [-0.2, -0.15) is 0 Å². The zero-order valence-corrected chi connectivity index (χ0v) is 22.3. The van der Waals surface area contributed by atoms with Gasteiger partial charge >= 0.3 is 6.09 Å². The molecule has 11 heteroatoms. The number of alkyl carbamates (subject to hydrolysis) is 1. The van der Waals surface area contributed by atoms with Crippen molar-refractivity contribution in [3.8, 4) is 23.3 Å². The number of ether oxygens (including phenoxy) is 2. The molecule has 0 aliphatic heterocycles. The van der Waals surface area contributed by atoms with Gasteiger partial charge in [0.05, 0.1) is 18.4 Å². The lowest BCUT2D eigenvalue weighted by Gasteiger charge is -2.13. The Balaban J connectivity index is 1.29. The summed E-state index contributed by atoms with van der Waals surface area (Å²) in [7, 11) is 0. The molecule has 0 saturated heterocycles. The second-order valence-electron chi connectivity index (χ2n) is 8.30. The predicted molar refractivity (Wildman–Crippen MR) is 149 cm³/mol. The van der Waals surface area contributed by atoms with Crippen LogP contribution in [0.15, 0.2) is 58.5 Å². The van der Waals surface area contributed by atoms with Crippen LogP contribution < -0.4 is 10.1 Å². The molecule has 206 valence electrons. The van der Waals surface area contributed by atoms with Crippen molar-refractivity contribution in [2.24, 2.45) is 0 Å². The lowest BCUT2D eigenvalue weighted by Crippen LogP contribution is -2.24. The van der Waals surface area contributed by atoms with Gasteiger partial charge in [-0.05, 0) is 62.5 Å². The van der Waals surface area contributed by atoms with Crippen molar-refractivity contribution in [1.29, 1.82) is 0 Å². The molecule has 0 unspecified atom stereocenters. The molecule has 4 aromatic rings. The van der Waals surface area contributed by atoms with Crippen molar-refractivity contribution < 1.29 is 31.1 Å². The van der Waals surface area contributed by atoms with Gasteiger partial charge in [-0.3, -0.25) is 9.55 Å². The summed E-state index contributed by atoms with van der Waals surface area (Å²) in [6.45, 7) is 3.37. The van der Waals surface area contributed by atoms with E-state index in [0.29, 0.717) is 28.5 Å². The fraction of sp³-hybridized carbons (Fsp3) is 0.345. The average Bonchev–Trinajstić information content (AvgIpc) is 3.67. The van der Waals surface area contributed by atoms with Gasteiger partial charge in [-0.25, -0.2) is 4.79 Å². The molecule has 0 atom stereocenters. The first kappa shape index (κ1) is 18.1. The van der Waals surface area contributed by atoms with Gasteiger partial charge in [0, 0.05) is 35.4 Å². The normalized spacial score (nSPS) is 22.2. The minimum Gasteiger partial charge on any atom is -0.486 e. The number of benzene rings is 1. The van der Waals surface area contributed by atoms with Crippen LogP contribution in [-0.2, 0) is 17.9 Å². The highest BCUT2D eigenvalue weighted by Gasteiger charge is 2.22. The zero-order chi connectivity index (χ0) is 35.8. The molecule has 1 aliphatic carbocycles. The highest BCUT2D eigenvalue weighted by molar-refractivity contribution is 7.99. The maximum absolute atomic E-state index is 11.9. The Bertz CT molecular complexity index is 1880. The molecule has 0 bridgehead atoms. The molecule has 5 rings (SSSR count). The molecule has 1 amide bonds. The summed E-state index contributed by atoms with van der Waals surface area (Å²) in [5.41, 5.74) is 2.34. The number of rotatable bonds is 9. The van der Waals surface area contributed by atoms with Gasteiger partial charge < -0.3 is 19.3 Å². The molecule has 1 aromatic carbocycles. The summed E-state index contributed by atoms with van der Waals surface area (Å²) >= 11 is 0.240. The Morgan fingerprint density at radius 2 is 2.15 bits per heavy atom. The monoisotopic (exact) mass is 567 g/mol. The van der Waals surface area contributed by atoms with E-state index in [0.717, 1.165) is 5.56 Å². The first-order chi connectivity index (χ1) is 22.9. The van der Waals surface area contributed by atoms with E-state index in [9.17, 15) is 4.79 Å². The van der Waals surface area contributed by atoms with Gasteiger partial charge in [-0.15, -0.1) is 10.2 Å². The van der Waals surface area contributed by atoms with E-state index in [2.05, 4.69) is 37.5 Å². The number of aromatic nitrogens is 5. The topological polar surface area (TPSA) is 117 Å². The molecule has 3 aromatic heterocycles. The number of amides is 1. The highest BCUT2D eigenvalue weighted by atomic mass is 32.2. The molecule has 10 nitrogen and oxygen atoms in total. The summed E-state index contributed by atoms with van der Waals surface area (Å²) in [5, 5.41) is 11.3. The van der Waals surface area contributed by atoms with Gasteiger partial charge in [0.25, 0.3) is 0 Å². The third-order valence-corrected chi connectivity index (χ3v) is 6.22. The number of hydrogen-bond acceptors (Lipinski definition) is 9. The Hall–Kier alpha value is -4.30. The molecule has 1 aliphatic rings. The smallest absolute Gasteiger partial charge is 0.408 e. The largest absolute Gasteiger partial charge is 0.486 e. The molecular formula is C29H30N6O4S. The maximum Gasteiger partial charge on any atom is 0.408 e. The second-order valence-corrected chi connectivity index (χ2v) is 9.28. The molecule has 1 saturated carbocycles. The van der Waals surface area contributed by atoms with Crippen LogP contribution in [-0.4, -0.2) is 42.8 Å². The van der Waals surface area contributed by atoms with Crippen LogP contribution in [0.3, 0.4) is 0 Å². The van der Waals surface area contributed by atoms with E-state index in [1.807, 2.05) is 6.92 Å². The first-order valence-corrected chi connectivity index (χ1v) is 12.8. The fourth-order valence-corrected chi connectivity index (χ4v) is 4.29.